The summed E-state index contributed by atoms with van der Waals surface area (Å²) in [6.45, 7) is 11.0. The zero-order chi connectivity index (χ0) is 28.9. The van der Waals surface area contributed by atoms with Crippen LogP contribution >= 0.6 is 0 Å². The van der Waals surface area contributed by atoms with Gasteiger partial charge in [-0.2, -0.15) is 0 Å². The van der Waals surface area contributed by atoms with Crippen molar-refractivity contribution in [3.8, 4) is 0 Å². The molecule has 0 radical (unpaired) electrons. The van der Waals surface area contributed by atoms with E-state index < -0.39 is 12.2 Å². The molecule has 4 fully saturated rings. The highest BCUT2D eigenvalue weighted by molar-refractivity contribution is 5.87. The van der Waals surface area contributed by atoms with Crippen molar-refractivity contribution in [3.05, 3.63) is 35.5 Å². The number of rotatable bonds is 14. The second-order valence-electron chi connectivity index (χ2n) is 14.4. The molecule has 0 aliphatic heterocycles. The highest BCUT2D eigenvalue weighted by atomic mass is 16.3. The zero-order valence-electron chi connectivity index (χ0n) is 25.8. The van der Waals surface area contributed by atoms with Gasteiger partial charge in [-0.1, -0.05) is 77.2 Å². The Kier molecular flexibility index (Phi) is 11.0. The van der Waals surface area contributed by atoms with Gasteiger partial charge in [0.2, 0.25) is 0 Å². The molecular formula is C36H58O4. The Morgan fingerprint density at radius 1 is 1.07 bits per heavy atom. The van der Waals surface area contributed by atoms with E-state index in [9.17, 15) is 20.1 Å². The molecular weight excluding hydrogens is 496 g/mol. The minimum absolute atomic E-state index is 0.120. The van der Waals surface area contributed by atoms with E-state index in [0.29, 0.717) is 30.5 Å². The molecule has 4 rings (SSSR count). The molecule has 3 N–H and O–H groups in total. The molecule has 7 atom stereocenters. The number of carbonyl (C=O) groups is 1. The van der Waals surface area contributed by atoms with Gasteiger partial charge in [0.15, 0.2) is 0 Å². The third-order valence-corrected chi connectivity index (χ3v) is 11.7. The van der Waals surface area contributed by atoms with Gasteiger partial charge >= 0.3 is 0 Å². The first-order valence-electron chi connectivity index (χ1n) is 16.8. The molecule has 0 aromatic carbocycles. The number of Topliss-reactive ketones (excluding diaryl/α,β-unsaturated/α-hetero) is 1. The number of unbranched alkanes of at least 4 members (excludes halogenated alkanes) is 5. The van der Waals surface area contributed by atoms with Gasteiger partial charge in [-0.3, -0.25) is 4.79 Å². The molecule has 0 aromatic heterocycles. The Balaban J connectivity index is 1.31. The van der Waals surface area contributed by atoms with Crippen LogP contribution in [0, 0.1) is 28.6 Å². The van der Waals surface area contributed by atoms with Crippen LogP contribution < -0.4 is 0 Å². The maximum Gasteiger partial charge on any atom is 0.139 e. The van der Waals surface area contributed by atoms with Crippen LogP contribution in [0.3, 0.4) is 0 Å². The first kappa shape index (κ1) is 31.7. The number of carbonyl (C=O) groups excluding carboxylic acids is 1. The van der Waals surface area contributed by atoms with Gasteiger partial charge in [0.25, 0.3) is 0 Å². The zero-order valence-corrected chi connectivity index (χ0v) is 25.8. The largest absolute Gasteiger partial charge is 0.393 e. The van der Waals surface area contributed by atoms with Gasteiger partial charge in [0.05, 0.1) is 18.3 Å². The van der Waals surface area contributed by atoms with Crippen LogP contribution in [0.5, 0.6) is 0 Å². The van der Waals surface area contributed by atoms with Crippen LogP contribution in [0.2, 0.25) is 0 Å². The van der Waals surface area contributed by atoms with Gasteiger partial charge in [0.1, 0.15) is 5.78 Å². The number of hydrogen-bond donors (Lipinski definition) is 3. The smallest absolute Gasteiger partial charge is 0.139 e. The Morgan fingerprint density at radius 2 is 1.80 bits per heavy atom. The standard InChI is InChI=1S/C36H58O4/c1-5-6-7-8-9-10-13-34(40)36(21-22-36)20-18-32(38)26(3)30-16-17-31-27(12-11-19-35(30,31)4)14-15-28-23-29(37)24-33(39)25(28)2/h14-15,26,29-33,37-39H,2,5-13,16-24H2,1,3-4H3/b27-14+,28-15-/t26-,29+,30+,31-,32+,33-,35+/m0/s1. The Hall–Kier alpha value is -1.23. The normalized spacial score (nSPS) is 35.1. The summed E-state index contributed by atoms with van der Waals surface area (Å²) in [5.74, 6) is 1.72. The summed E-state index contributed by atoms with van der Waals surface area (Å²) < 4.78 is 0. The molecule has 0 amide bonds. The van der Waals surface area contributed by atoms with Crippen molar-refractivity contribution in [1.29, 1.82) is 0 Å². The average molecular weight is 555 g/mol. The molecule has 0 unspecified atom stereocenters. The Labute approximate surface area is 244 Å². The summed E-state index contributed by atoms with van der Waals surface area (Å²) in [4.78, 5) is 13.0. The van der Waals surface area contributed by atoms with Gasteiger partial charge in [0, 0.05) is 18.3 Å². The van der Waals surface area contributed by atoms with E-state index in [2.05, 4.69) is 39.5 Å². The maximum absolute atomic E-state index is 13.0. The number of aliphatic hydroxyl groups is 3. The van der Waals surface area contributed by atoms with Crippen LogP contribution in [0.1, 0.15) is 136 Å². The summed E-state index contributed by atoms with van der Waals surface area (Å²) in [7, 11) is 0. The van der Waals surface area contributed by atoms with Crippen LogP contribution in [-0.4, -0.2) is 39.4 Å². The molecule has 0 saturated heterocycles. The molecule has 4 aliphatic carbocycles. The summed E-state index contributed by atoms with van der Waals surface area (Å²) in [6.07, 6.45) is 21.3. The molecule has 226 valence electrons. The lowest BCUT2D eigenvalue weighted by Crippen LogP contribution is -2.39. The number of fused-ring (bicyclic) bond motifs is 1. The van der Waals surface area contributed by atoms with Gasteiger partial charge in [-0.25, -0.2) is 0 Å². The lowest BCUT2D eigenvalue weighted by molar-refractivity contribution is -0.124. The molecule has 4 saturated carbocycles. The van der Waals surface area contributed by atoms with Crippen molar-refractivity contribution in [2.75, 3.05) is 0 Å². The number of allylic oxidation sites excluding steroid dienone is 3. The quantitative estimate of drug-likeness (QED) is 0.190. The minimum atomic E-state index is -0.649. The number of ketones is 1. The van der Waals surface area contributed by atoms with Crippen molar-refractivity contribution in [1.82, 2.24) is 0 Å². The lowest BCUT2D eigenvalue weighted by Gasteiger charge is -2.45. The third kappa shape index (κ3) is 7.21. The van der Waals surface area contributed by atoms with Gasteiger partial charge < -0.3 is 15.3 Å². The van der Waals surface area contributed by atoms with Gasteiger partial charge in [-0.05, 0) is 105 Å². The topological polar surface area (TPSA) is 77.8 Å². The van der Waals surface area contributed by atoms with Crippen molar-refractivity contribution in [2.45, 2.75) is 155 Å². The number of hydrogen-bond acceptors (Lipinski definition) is 4. The van der Waals surface area contributed by atoms with Crippen molar-refractivity contribution in [2.24, 2.45) is 28.6 Å². The predicted molar refractivity (Wildman–Crippen MR) is 164 cm³/mol. The molecule has 0 spiro atoms. The molecule has 40 heavy (non-hydrogen) atoms. The monoisotopic (exact) mass is 554 g/mol. The van der Waals surface area contributed by atoms with Crippen LogP contribution in [0.15, 0.2) is 35.5 Å². The van der Waals surface area contributed by atoms with Crippen LogP contribution in [0.25, 0.3) is 0 Å². The average Bonchev–Trinajstić information content (AvgIpc) is 3.64. The molecule has 0 bridgehead atoms. The molecule has 0 aromatic rings. The van der Waals surface area contributed by atoms with Crippen molar-refractivity contribution < 1.29 is 20.1 Å². The second kappa shape index (κ2) is 13.8. The van der Waals surface area contributed by atoms with E-state index in [-0.39, 0.29) is 22.9 Å². The van der Waals surface area contributed by atoms with E-state index in [1.54, 1.807) is 0 Å². The predicted octanol–water partition coefficient (Wildman–Crippen LogP) is 8.00. The molecule has 0 heterocycles. The molecule has 4 aliphatic rings. The first-order valence-corrected chi connectivity index (χ1v) is 16.8. The fraction of sp³-hybridized carbons (Fsp3) is 0.806. The summed E-state index contributed by atoms with van der Waals surface area (Å²) in [6, 6.07) is 0. The van der Waals surface area contributed by atoms with Crippen molar-refractivity contribution in [3.63, 3.8) is 0 Å². The highest BCUT2D eigenvalue weighted by Gasteiger charge is 2.53. The van der Waals surface area contributed by atoms with Crippen molar-refractivity contribution >= 4 is 5.78 Å². The van der Waals surface area contributed by atoms with E-state index in [0.717, 1.165) is 62.5 Å². The highest BCUT2D eigenvalue weighted by Crippen LogP contribution is 2.60. The fourth-order valence-electron chi connectivity index (χ4n) is 8.71. The Bertz CT molecular complexity index is 942. The van der Waals surface area contributed by atoms with Crippen LogP contribution in [0.4, 0.5) is 0 Å². The summed E-state index contributed by atoms with van der Waals surface area (Å²) in [5.41, 5.74) is 3.29. The maximum atomic E-state index is 13.0. The second-order valence-corrected chi connectivity index (χ2v) is 14.4. The Morgan fingerprint density at radius 3 is 2.52 bits per heavy atom. The number of aliphatic hydroxyl groups excluding tert-OH is 3. The van der Waals surface area contributed by atoms with E-state index in [4.69, 9.17) is 0 Å². The van der Waals surface area contributed by atoms with E-state index >= 15 is 0 Å². The fourth-order valence-corrected chi connectivity index (χ4v) is 8.71. The minimum Gasteiger partial charge on any atom is -0.393 e. The third-order valence-electron chi connectivity index (χ3n) is 11.7. The summed E-state index contributed by atoms with van der Waals surface area (Å²) >= 11 is 0. The lowest BCUT2D eigenvalue weighted by atomic mass is 9.60. The van der Waals surface area contributed by atoms with Crippen LogP contribution in [-0.2, 0) is 4.79 Å². The molecule has 4 heteroatoms. The first-order chi connectivity index (χ1) is 19.1. The van der Waals surface area contributed by atoms with E-state index in [1.165, 1.54) is 56.9 Å². The van der Waals surface area contributed by atoms with Gasteiger partial charge in [-0.15, -0.1) is 0 Å². The molecule has 4 nitrogen and oxygen atoms in total. The summed E-state index contributed by atoms with van der Waals surface area (Å²) in [5, 5.41) is 31.8. The van der Waals surface area contributed by atoms with E-state index in [1.807, 2.05) is 0 Å². The SMILES string of the molecule is C=C1/C(=C\C=C2/CCC[C@]3(C)[C@@H]([C@H](C)[C@H](O)CCC4(C(=O)CCCCCCCC)CC4)CC[C@@H]23)C[C@@H](O)C[C@@H]1O.